The van der Waals surface area contributed by atoms with Crippen LogP contribution in [0.4, 0.5) is 4.39 Å². The average Bonchev–Trinajstić information content (AvgIpc) is 2.87. The first kappa shape index (κ1) is 22.3. The number of aliphatic hydroxyl groups excluding tert-OH is 1. The van der Waals surface area contributed by atoms with Gasteiger partial charge < -0.3 is 14.6 Å². The molecule has 0 saturated heterocycles. The Morgan fingerprint density at radius 3 is 2.71 bits per heavy atom. The van der Waals surface area contributed by atoms with Gasteiger partial charge in [-0.05, 0) is 48.9 Å². The number of ether oxygens (including phenoxy) is 2. The number of benzene rings is 2. The third-order valence-electron chi connectivity index (χ3n) is 5.67. The molecule has 0 aliphatic carbocycles. The van der Waals surface area contributed by atoms with E-state index >= 15 is 0 Å². The third-order valence-corrected chi connectivity index (χ3v) is 6.76. The SMILES string of the molecule is COc1cccc(CSc2nc(-c3ccc(F)cc3)nc3c2Cc2c(CO)cnc(C)c2O3)c1. The Morgan fingerprint density at radius 1 is 1.12 bits per heavy atom. The predicted octanol–water partition coefficient (Wildman–Crippen LogP) is 5.48. The van der Waals surface area contributed by atoms with Crippen LogP contribution < -0.4 is 9.47 Å². The fourth-order valence-electron chi connectivity index (χ4n) is 3.86. The molecule has 2 aromatic carbocycles. The Bertz CT molecular complexity index is 1360. The zero-order chi connectivity index (χ0) is 23.7. The van der Waals surface area contributed by atoms with Gasteiger partial charge >= 0.3 is 0 Å². The lowest BCUT2D eigenvalue weighted by Gasteiger charge is -2.24. The molecular formula is C26H22FN3O3S. The van der Waals surface area contributed by atoms with Crippen LogP contribution in [0.1, 0.15) is 27.9 Å². The van der Waals surface area contributed by atoms with Crippen molar-refractivity contribution in [2.45, 2.75) is 30.7 Å². The normalized spacial score (nSPS) is 12.0. The molecule has 2 aromatic heterocycles. The van der Waals surface area contributed by atoms with E-state index in [1.807, 2.05) is 31.2 Å². The molecule has 1 N–H and O–H groups in total. The van der Waals surface area contributed by atoms with Crippen LogP contribution in [0, 0.1) is 12.7 Å². The summed E-state index contributed by atoms with van der Waals surface area (Å²) in [4.78, 5) is 13.9. The van der Waals surface area contributed by atoms with Crippen molar-refractivity contribution in [3.05, 3.63) is 88.5 Å². The molecule has 0 saturated carbocycles. The standard InChI is InChI=1S/C26H22FN3O3S/c1-15-23-21(18(13-31)12-28-15)11-22-25(33-23)29-24(17-6-8-19(27)9-7-17)30-26(22)34-14-16-4-3-5-20(10-16)32-2/h3-10,12,31H,11,13-14H2,1-2H3. The Morgan fingerprint density at radius 2 is 1.94 bits per heavy atom. The molecule has 172 valence electrons. The molecule has 0 fully saturated rings. The number of nitrogens with zero attached hydrogens (tertiary/aromatic N) is 3. The maximum atomic E-state index is 13.5. The number of halogens is 1. The summed E-state index contributed by atoms with van der Waals surface area (Å²) in [7, 11) is 1.65. The van der Waals surface area contributed by atoms with Gasteiger partial charge in [-0.25, -0.2) is 9.37 Å². The average molecular weight is 476 g/mol. The van der Waals surface area contributed by atoms with Crippen LogP contribution in [-0.4, -0.2) is 27.2 Å². The third kappa shape index (κ3) is 4.34. The van der Waals surface area contributed by atoms with Gasteiger partial charge in [0.05, 0.1) is 25.0 Å². The second-order valence-corrected chi connectivity index (χ2v) is 8.86. The van der Waals surface area contributed by atoms with E-state index in [2.05, 4.69) is 9.97 Å². The van der Waals surface area contributed by atoms with E-state index in [0.29, 0.717) is 35.2 Å². The van der Waals surface area contributed by atoms with Gasteiger partial charge in [-0.1, -0.05) is 12.1 Å². The Hall–Kier alpha value is -3.49. The van der Waals surface area contributed by atoms with E-state index in [9.17, 15) is 9.50 Å². The number of pyridine rings is 1. The summed E-state index contributed by atoms with van der Waals surface area (Å²) in [5.74, 6) is 2.67. The van der Waals surface area contributed by atoms with Crippen LogP contribution in [0.5, 0.6) is 17.4 Å². The summed E-state index contributed by atoms with van der Waals surface area (Å²) < 4.78 is 25.1. The first-order valence-corrected chi connectivity index (χ1v) is 11.7. The van der Waals surface area contributed by atoms with Gasteiger partial charge in [-0.2, -0.15) is 4.98 Å². The highest BCUT2D eigenvalue weighted by Gasteiger charge is 2.27. The van der Waals surface area contributed by atoms with Gasteiger partial charge in [-0.15, -0.1) is 11.8 Å². The highest BCUT2D eigenvalue weighted by atomic mass is 32.2. The zero-order valence-corrected chi connectivity index (χ0v) is 19.5. The summed E-state index contributed by atoms with van der Waals surface area (Å²) in [6.07, 6.45) is 2.20. The minimum absolute atomic E-state index is 0.130. The molecule has 1 aliphatic heterocycles. The molecule has 6 nitrogen and oxygen atoms in total. The van der Waals surface area contributed by atoms with E-state index in [-0.39, 0.29) is 12.4 Å². The monoisotopic (exact) mass is 475 g/mol. The van der Waals surface area contributed by atoms with Crippen molar-refractivity contribution in [2.75, 3.05) is 7.11 Å². The maximum absolute atomic E-state index is 13.5. The van der Waals surface area contributed by atoms with Crippen LogP contribution in [0.3, 0.4) is 0 Å². The Kier molecular flexibility index (Phi) is 6.17. The quantitative estimate of drug-likeness (QED) is 0.258. The largest absolute Gasteiger partial charge is 0.497 e. The van der Waals surface area contributed by atoms with Crippen molar-refractivity contribution in [2.24, 2.45) is 0 Å². The lowest BCUT2D eigenvalue weighted by molar-refractivity contribution is 0.278. The number of methoxy groups -OCH3 is 1. The van der Waals surface area contributed by atoms with Gasteiger partial charge in [0.2, 0.25) is 5.88 Å². The van der Waals surface area contributed by atoms with E-state index in [0.717, 1.165) is 38.7 Å². The van der Waals surface area contributed by atoms with Crippen molar-refractivity contribution in [3.63, 3.8) is 0 Å². The second kappa shape index (κ2) is 9.40. The van der Waals surface area contributed by atoms with Crippen LogP contribution in [0.2, 0.25) is 0 Å². The van der Waals surface area contributed by atoms with E-state index in [1.54, 1.807) is 37.2 Å². The minimum Gasteiger partial charge on any atom is -0.497 e. The molecule has 5 rings (SSSR count). The summed E-state index contributed by atoms with van der Waals surface area (Å²) >= 11 is 1.57. The molecule has 0 radical (unpaired) electrons. The van der Waals surface area contributed by atoms with Gasteiger partial charge in [0.25, 0.3) is 0 Å². The molecule has 0 spiro atoms. The number of fused-ring (bicyclic) bond motifs is 2. The summed E-state index contributed by atoms with van der Waals surface area (Å²) in [5, 5.41) is 10.6. The van der Waals surface area contributed by atoms with Crippen molar-refractivity contribution >= 4 is 11.8 Å². The van der Waals surface area contributed by atoms with Crippen molar-refractivity contribution in [1.29, 1.82) is 0 Å². The first-order valence-electron chi connectivity index (χ1n) is 10.7. The smallest absolute Gasteiger partial charge is 0.227 e. The number of hydrogen-bond acceptors (Lipinski definition) is 7. The fourth-order valence-corrected chi connectivity index (χ4v) is 4.82. The van der Waals surface area contributed by atoms with E-state index in [4.69, 9.17) is 14.5 Å². The number of aliphatic hydroxyl groups is 1. The summed E-state index contributed by atoms with van der Waals surface area (Å²) in [5.41, 5.74) is 4.98. The maximum Gasteiger partial charge on any atom is 0.227 e. The van der Waals surface area contributed by atoms with Crippen molar-refractivity contribution in [1.82, 2.24) is 15.0 Å². The Labute approximate surface area is 200 Å². The van der Waals surface area contributed by atoms with Crippen LogP contribution >= 0.6 is 11.8 Å². The predicted molar refractivity (Wildman–Crippen MR) is 128 cm³/mol. The topological polar surface area (TPSA) is 77.4 Å². The number of aryl methyl sites for hydroxylation is 1. The van der Waals surface area contributed by atoms with Crippen LogP contribution in [0.15, 0.2) is 59.8 Å². The first-order chi connectivity index (χ1) is 16.6. The number of rotatable bonds is 6. The van der Waals surface area contributed by atoms with Crippen molar-refractivity contribution < 1.29 is 19.0 Å². The number of aromatic nitrogens is 3. The van der Waals surface area contributed by atoms with Gasteiger partial charge in [0.1, 0.15) is 16.6 Å². The van der Waals surface area contributed by atoms with E-state index < -0.39 is 0 Å². The molecule has 0 unspecified atom stereocenters. The fraction of sp³-hybridized carbons (Fsp3) is 0.192. The summed E-state index contributed by atoms with van der Waals surface area (Å²) in [6, 6.07) is 14.0. The second-order valence-electron chi connectivity index (χ2n) is 7.90. The zero-order valence-electron chi connectivity index (χ0n) is 18.7. The highest BCUT2D eigenvalue weighted by molar-refractivity contribution is 7.98. The molecular weight excluding hydrogens is 453 g/mol. The molecule has 1 aliphatic rings. The number of thioether (sulfide) groups is 1. The molecule has 0 atom stereocenters. The van der Waals surface area contributed by atoms with E-state index in [1.165, 1.54) is 12.1 Å². The molecule has 3 heterocycles. The molecule has 0 amide bonds. The number of hydrogen-bond donors (Lipinski definition) is 1. The highest BCUT2D eigenvalue weighted by Crippen LogP contribution is 2.43. The Balaban J connectivity index is 1.57. The van der Waals surface area contributed by atoms with Crippen molar-refractivity contribution in [3.8, 4) is 28.8 Å². The molecule has 8 heteroatoms. The van der Waals surface area contributed by atoms with Gasteiger partial charge in [0.15, 0.2) is 11.6 Å². The lowest BCUT2D eigenvalue weighted by Crippen LogP contribution is -2.13. The summed E-state index contributed by atoms with van der Waals surface area (Å²) in [6.45, 7) is 1.74. The van der Waals surface area contributed by atoms with Crippen LogP contribution in [0.25, 0.3) is 11.4 Å². The van der Waals surface area contributed by atoms with Gasteiger partial charge in [0, 0.05) is 35.1 Å². The minimum atomic E-state index is -0.322. The lowest BCUT2D eigenvalue weighted by atomic mass is 9.99. The molecule has 0 bridgehead atoms. The van der Waals surface area contributed by atoms with Gasteiger partial charge in [-0.3, -0.25) is 4.98 Å². The molecule has 4 aromatic rings. The molecule has 34 heavy (non-hydrogen) atoms. The van der Waals surface area contributed by atoms with Crippen LogP contribution in [-0.2, 0) is 18.8 Å².